The molecular formula is C12H18O5. The number of hydrogen-bond donors (Lipinski definition) is 0. The molecule has 0 aromatic rings. The molecule has 0 bridgehead atoms. The molecule has 0 radical (unpaired) electrons. The molecule has 0 heterocycles. The van der Waals surface area contributed by atoms with Crippen molar-refractivity contribution in [3.8, 4) is 0 Å². The Morgan fingerprint density at radius 1 is 1.06 bits per heavy atom. The first-order valence-corrected chi connectivity index (χ1v) is 5.75. The van der Waals surface area contributed by atoms with Gasteiger partial charge in [-0.2, -0.15) is 0 Å². The normalized spacial score (nSPS) is 23.9. The fraction of sp³-hybridized carbons (Fsp3) is 0.750. The van der Waals surface area contributed by atoms with E-state index in [9.17, 15) is 14.4 Å². The predicted octanol–water partition coefficient (Wildman–Crippen LogP) is 1.10. The van der Waals surface area contributed by atoms with Crippen LogP contribution in [-0.2, 0) is 23.9 Å². The maximum absolute atomic E-state index is 11.8. The summed E-state index contributed by atoms with van der Waals surface area (Å²) in [4.78, 5) is 34.2. The van der Waals surface area contributed by atoms with Crippen molar-refractivity contribution in [1.82, 2.24) is 0 Å². The van der Waals surface area contributed by atoms with Crippen molar-refractivity contribution in [1.29, 1.82) is 0 Å². The van der Waals surface area contributed by atoms with Gasteiger partial charge in [-0.1, -0.05) is 6.42 Å². The minimum Gasteiger partial charge on any atom is -0.469 e. The Morgan fingerprint density at radius 3 is 2.29 bits per heavy atom. The number of carbonyl (C=O) groups excluding carboxylic acids is 3. The van der Waals surface area contributed by atoms with E-state index < -0.39 is 5.97 Å². The van der Waals surface area contributed by atoms with E-state index in [2.05, 4.69) is 9.47 Å². The molecule has 0 aromatic heterocycles. The average molecular weight is 242 g/mol. The summed E-state index contributed by atoms with van der Waals surface area (Å²) < 4.78 is 9.13. The number of carbonyl (C=O) groups is 3. The highest BCUT2D eigenvalue weighted by Crippen LogP contribution is 2.31. The lowest BCUT2D eigenvalue weighted by Crippen LogP contribution is -2.29. The molecule has 96 valence electrons. The number of esters is 2. The van der Waals surface area contributed by atoms with Crippen molar-refractivity contribution in [2.24, 2.45) is 11.8 Å². The molecule has 1 aliphatic rings. The van der Waals surface area contributed by atoms with Gasteiger partial charge in [-0.05, 0) is 19.3 Å². The lowest BCUT2D eigenvalue weighted by atomic mass is 9.79. The molecule has 1 saturated carbocycles. The third-order valence-corrected chi connectivity index (χ3v) is 3.21. The van der Waals surface area contributed by atoms with Crippen LogP contribution in [0, 0.1) is 11.8 Å². The quantitative estimate of drug-likeness (QED) is 0.545. The largest absolute Gasteiger partial charge is 0.469 e. The van der Waals surface area contributed by atoms with Crippen LogP contribution < -0.4 is 0 Å². The van der Waals surface area contributed by atoms with E-state index in [-0.39, 0.29) is 30.0 Å². The van der Waals surface area contributed by atoms with Crippen molar-refractivity contribution < 1.29 is 23.9 Å². The highest BCUT2D eigenvalue weighted by atomic mass is 16.5. The topological polar surface area (TPSA) is 69.7 Å². The minimum absolute atomic E-state index is 0.134. The summed E-state index contributed by atoms with van der Waals surface area (Å²) in [7, 11) is 2.61. The van der Waals surface area contributed by atoms with E-state index in [1.165, 1.54) is 14.2 Å². The second kappa shape index (κ2) is 6.37. The maximum Gasteiger partial charge on any atom is 0.313 e. The van der Waals surface area contributed by atoms with Crippen molar-refractivity contribution in [2.45, 2.75) is 32.1 Å². The molecule has 5 nitrogen and oxygen atoms in total. The lowest BCUT2D eigenvalue weighted by molar-refractivity contribution is -0.148. The standard InChI is InChI=1S/C12H18O5/c1-16-11(14)7-10(13)8-4-3-5-9(6-8)12(15)17-2/h8-9H,3-7H2,1-2H3. The Balaban J connectivity index is 2.51. The van der Waals surface area contributed by atoms with Crippen molar-refractivity contribution >= 4 is 17.7 Å². The summed E-state index contributed by atoms with van der Waals surface area (Å²) in [6, 6.07) is 0. The third-order valence-electron chi connectivity index (χ3n) is 3.21. The van der Waals surface area contributed by atoms with Gasteiger partial charge in [0.05, 0.1) is 20.1 Å². The van der Waals surface area contributed by atoms with Gasteiger partial charge in [0.2, 0.25) is 0 Å². The second-order valence-electron chi connectivity index (χ2n) is 4.30. The van der Waals surface area contributed by atoms with Crippen LogP contribution in [0.25, 0.3) is 0 Å². The minimum atomic E-state index is -0.518. The van der Waals surface area contributed by atoms with Crippen molar-refractivity contribution in [3.05, 3.63) is 0 Å². The van der Waals surface area contributed by atoms with Gasteiger partial charge in [0.25, 0.3) is 0 Å². The number of Topliss-reactive ketones (excluding diaryl/α,β-unsaturated/α-hetero) is 1. The summed E-state index contributed by atoms with van der Waals surface area (Å²) in [6.07, 6.45) is 2.60. The van der Waals surface area contributed by atoms with Gasteiger partial charge >= 0.3 is 11.9 Å². The molecule has 5 heteroatoms. The fourth-order valence-corrected chi connectivity index (χ4v) is 2.22. The molecule has 0 aliphatic heterocycles. The Kier molecular flexibility index (Phi) is 5.12. The molecule has 1 fully saturated rings. The van der Waals surface area contributed by atoms with Gasteiger partial charge in [0.15, 0.2) is 0 Å². The zero-order valence-corrected chi connectivity index (χ0v) is 10.2. The first-order valence-electron chi connectivity index (χ1n) is 5.75. The highest BCUT2D eigenvalue weighted by Gasteiger charge is 2.32. The number of hydrogen-bond acceptors (Lipinski definition) is 5. The lowest BCUT2D eigenvalue weighted by Gasteiger charge is -2.26. The third kappa shape index (κ3) is 3.84. The van der Waals surface area contributed by atoms with Crippen LogP contribution in [0.15, 0.2) is 0 Å². The first kappa shape index (κ1) is 13.7. The monoisotopic (exact) mass is 242 g/mol. The second-order valence-corrected chi connectivity index (χ2v) is 4.30. The van der Waals surface area contributed by atoms with Crippen LogP contribution in [0.3, 0.4) is 0 Å². The van der Waals surface area contributed by atoms with Crippen LogP contribution in [0.4, 0.5) is 0 Å². The van der Waals surface area contributed by atoms with Crippen LogP contribution in [0.2, 0.25) is 0 Å². The molecular weight excluding hydrogens is 224 g/mol. The van der Waals surface area contributed by atoms with E-state index in [1.807, 2.05) is 0 Å². The smallest absolute Gasteiger partial charge is 0.313 e. The summed E-state index contributed by atoms with van der Waals surface area (Å²) in [5.74, 6) is -1.34. The zero-order chi connectivity index (χ0) is 12.8. The van der Waals surface area contributed by atoms with Gasteiger partial charge in [-0.15, -0.1) is 0 Å². The van der Waals surface area contributed by atoms with Gasteiger partial charge in [-0.25, -0.2) is 0 Å². The van der Waals surface area contributed by atoms with E-state index >= 15 is 0 Å². The predicted molar refractivity (Wildman–Crippen MR) is 59.1 cm³/mol. The van der Waals surface area contributed by atoms with Crippen molar-refractivity contribution in [3.63, 3.8) is 0 Å². The van der Waals surface area contributed by atoms with Gasteiger partial charge in [-0.3, -0.25) is 14.4 Å². The van der Waals surface area contributed by atoms with Gasteiger partial charge in [0, 0.05) is 5.92 Å². The number of ketones is 1. The molecule has 1 aliphatic carbocycles. The summed E-state index contributed by atoms with van der Waals surface area (Å²) in [5.41, 5.74) is 0. The molecule has 0 spiro atoms. The first-order chi connectivity index (χ1) is 8.08. The summed E-state index contributed by atoms with van der Waals surface area (Å²) in [5, 5.41) is 0. The fourth-order valence-electron chi connectivity index (χ4n) is 2.22. The highest BCUT2D eigenvalue weighted by molar-refractivity contribution is 5.97. The zero-order valence-electron chi connectivity index (χ0n) is 10.2. The summed E-state index contributed by atoms with van der Waals surface area (Å²) in [6.45, 7) is 0. The Morgan fingerprint density at radius 2 is 1.71 bits per heavy atom. The molecule has 0 aromatic carbocycles. The molecule has 0 amide bonds. The van der Waals surface area contributed by atoms with Crippen LogP contribution in [-0.4, -0.2) is 31.9 Å². The van der Waals surface area contributed by atoms with E-state index in [1.54, 1.807) is 0 Å². The Labute approximate surface area is 100 Å². The molecule has 2 atom stereocenters. The Bertz CT molecular complexity index is 310. The van der Waals surface area contributed by atoms with E-state index in [0.717, 1.165) is 19.3 Å². The van der Waals surface area contributed by atoms with Gasteiger partial charge in [0.1, 0.15) is 12.2 Å². The Hall–Kier alpha value is -1.39. The number of rotatable bonds is 4. The van der Waals surface area contributed by atoms with Crippen LogP contribution in [0.5, 0.6) is 0 Å². The van der Waals surface area contributed by atoms with Gasteiger partial charge < -0.3 is 9.47 Å². The average Bonchev–Trinajstić information content (AvgIpc) is 2.37. The number of methoxy groups -OCH3 is 2. The van der Waals surface area contributed by atoms with Crippen LogP contribution >= 0.6 is 0 Å². The van der Waals surface area contributed by atoms with Crippen LogP contribution in [0.1, 0.15) is 32.1 Å². The molecule has 2 unspecified atom stereocenters. The van der Waals surface area contributed by atoms with E-state index in [4.69, 9.17) is 0 Å². The van der Waals surface area contributed by atoms with E-state index in [0.29, 0.717) is 6.42 Å². The molecule has 0 N–H and O–H groups in total. The van der Waals surface area contributed by atoms with Crippen molar-refractivity contribution in [2.75, 3.05) is 14.2 Å². The molecule has 17 heavy (non-hydrogen) atoms. The SMILES string of the molecule is COC(=O)CC(=O)C1CCCC(C(=O)OC)C1. The number of ether oxygens (including phenoxy) is 2. The summed E-state index contributed by atoms with van der Waals surface area (Å²) >= 11 is 0. The molecule has 0 saturated heterocycles. The molecule has 1 rings (SSSR count). The maximum atomic E-state index is 11.8.